The lowest BCUT2D eigenvalue weighted by atomic mass is 10.3. The molecule has 0 aromatic rings. The van der Waals surface area contributed by atoms with E-state index in [1.807, 2.05) is 0 Å². The Morgan fingerprint density at radius 2 is 2.50 bits per heavy atom. The highest BCUT2D eigenvalue weighted by atomic mass is 16.5. The van der Waals surface area contributed by atoms with Crippen LogP contribution in [0.1, 0.15) is 6.42 Å². The second kappa shape index (κ2) is 3.43. The summed E-state index contributed by atoms with van der Waals surface area (Å²) in [5, 5.41) is 8.59. The maximum absolute atomic E-state index is 10.2. The highest BCUT2D eigenvalue weighted by molar-refractivity contribution is 5.74. The Labute approximate surface area is 48.3 Å². The highest BCUT2D eigenvalue weighted by Gasteiger charge is 2.10. The second-order valence-corrected chi connectivity index (χ2v) is 1.33. The summed E-state index contributed by atoms with van der Waals surface area (Å²) < 4.78 is 4.17. The summed E-state index contributed by atoms with van der Waals surface area (Å²) in [7, 11) is 1.22. The van der Waals surface area contributed by atoms with Gasteiger partial charge in [-0.05, 0) is 6.42 Å². The average Bonchev–Trinajstić information content (AvgIpc) is 1.84. The first-order chi connectivity index (χ1) is 3.72. The molecule has 1 N–H and O–H groups in total. The first-order valence-electron chi connectivity index (χ1n) is 2.27. The number of hydrogen-bond acceptors (Lipinski definition) is 3. The number of hydrogen-bond donors (Lipinski definition) is 1. The van der Waals surface area contributed by atoms with E-state index >= 15 is 0 Å². The van der Waals surface area contributed by atoms with Crippen molar-refractivity contribution in [1.82, 2.24) is 0 Å². The predicted octanol–water partition coefficient (Wildman–Crippen LogP) is -0.256. The van der Waals surface area contributed by atoms with E-state index in [9.17, 15) is 4.79 Å². The third-order valence-corrected chi connectivity index (χ3v) is 0.747. The molecular weight excluding hydrogens is 108 g/mol. The van der Waals surface area contributed by atoms with E-state index in [1.54, 1.807) is 0 Å². The molecule has 1 atom stereocenters. The SMILES string of the molecule is [CH2]CC(O)C(=O)OC. The van der Waals surface area contributed by atoms with Crippen molar-refractivity contribution in [3.8, 4) is 0 Å². The number of aliphatic hydroxyl groups excluding tert-OH is 1. The molecule has 0 saturated carbocycles. The van der Waals surface area contributed by atoms with Crippen LogP contribution in [0, 0.1) is 6.92 Å². The van der Waals surface area contributed by atoms with E-state index in [4.69, 9.17) is 5.11 Å². The zero-order valence-corrected chi connectivity index (χ0v) is 4.76. The van der Waals surface area contributed by atoms with E-state index in [-0.39, 0.29) is 6.42 Å². The van der Waals surface area contributed by atoms with Gasteiger partial charge in [-0.15, -0.1) is 0 Å². The molecule has 0 bridgehead atoms. The molecule has 0 aromatic heterocycles. The highest BCUT2D eigenvalue weighted by Crippen LogP contribution is 1.89. The monoisotopic (exact) mass is 117 g/mol. The molecule has 0 aliphatic rings. The zero-order valence-electron chi connectivity index (χ0n) is 4.76. The first kappa shape index (κ1) is 7.43. The number of methoxy groups -OCH3 is 1. The van der Waals surface area contributed by atoms with Crippen molar-refractivity contribution in [2.45, 2.75) is 12.5 Å². The van der Waals surface area contributed by atoms with E-state index < -0.39 is 12.1 Å². The van der Waals surface area contributed by atoms with Gasteiger partial charge in [0.15, 0.2) is 6.10 Å². The number of esters is 1. The van der Waals surface area contributed by atoms with Crippen molar-refractivity contribution in [2.24, 2.45) is 0 Å². The Morgan fingerprint density at radius 3 is 2.62 bits per heavy atom. The van der Waals surface area contributed by atoms with Crippen LogP contribution in [-0.2, 0) is 9.53 Å². The summed E-state index contributed by atoms with van der Waals surface area (Å²) in [4.78, 5) is 10.2. The molecule has 0 heterocycles. The molecule has 3 nitrogen and oxygen atoms in total. The minimum absolute atomic E-state index is 0.159. The van der Waals surface area contributed by atoms with Crippen LogP contribution in [0.25, 0.3) is 0 Å². The molecule has 3 heteroatoms. The fourth-order valence-corrected chi connectivity index (χ4v) is 0.254. The molecule has 0 fully saturated rings. The molecule has 0 aromatic carbocycles. The van der Waals surface area contributed by atoms with Gasteiger partial charge in [0, 0.05) is 0 Å². The van der Waals surface area contributed by atoms with Crippen molar-refractivity contribution < 1.29 is 14.6 Å². The summed E-state index contributed by atoms with van der Waals surface area (Å²) in [5.74, 6) is -0.625. The van der Waals surface area contributed by atoms with Gasteiger partial charge in [0.05, 0.1) is 7.11 Å². The number of ether oxygens (including phenoxy) is 1. The van der Waals surface area contributed by atoms with Gasteiger partial charge in [0.25, 0.3) is 0 Å². The topological polar surface area (TPSA) is 46.5 Å². The summed E-state index contributed by atoms with van der Waals surface area (Å²) in [5.41, 5.74) is 0. The third-order valence-electron chi connectivity index (χ3n) is 0.747. The molecule has 1 unspecified atom stereocenters. The average molecular weight is 117 g/mol. The smallest absolute Gasteiger partial charge is 0.334 e. The second-order valence-electron chi connectivity index (χ2n) is 1.33. The maximum Gasteiger partial charge on any atom is 0.334 e. The lowest BCUT2D eigenvalue weighted by Crippen LogP contribution is -2.20. The van der Waals surface area contributed by atoms with E-state index in [2.05, 4.69) is 11.7 Å². The quantitative estimate of drug-likeness (QED) is 0.507. The third kappa shape index (κ3) is 1.93. The number of rotatable bonds is 2. The normalized spacial score (nSPS) is 12.9. The first-order valence-corrected chi connectivity index (χ1v) is 2.27. The zero-order chi connectivity index (χ0) is 6.57. The van der Waals surface area contributed by atoms with Crippen LogP contribution in [-0.4, -0.2) is 24.3 Å². The molecule has 0 amide bonds. The van der Waals surface area contributed by atoms with Crippen LogP contribution in [0.3, 0.4) is 0 Å². The summed E-state index contributed by atoms with van der Waals surface area (Å²) >= 11 is 0. The van der Waals surface area contributed by atoms with Gasteiger partial charge in [0.1, 0.15) is 0 Å². The van der Waals surface area contributed by atoms with Crippen LogP contribution in [0.15, 0.2) is 0 Å². The van der Waals surface area contributed by atoms with Crippen LogP contribution in [0.5, 0.6) is 0 Å². The fourth-order valence-electron chi connectivity index (χ4n) is 0.254. The Kier molecular flexibility index (Phi) is 3.19. The van der Waals surface area contributed by atoms with Crippen molar-refractivity contribution in [3.63, 3.8) is 0 Å². The number of carbonyl (C=O) groups is 1. The largest absolute Gasteiger partial charge is 0.467 e. The van der Waals surface area contributed by atoms with Gasteiger partial charge in [-0.1, -0.05) is 6.92 Å². The standard InChI is InChI=1S/C5H9O3/c1-3-4(6)5(7)8-2/h4,6H,1,3H2,2H3. The fraction of sp³-hybridized carbons (Fsp3) is 0.600. The molecular formula is C5H9O3. The van der Waals surface area contributed by atoms with Gasteiger partial charge >= 0.3 is 5.97 Å². The van der Waals surface area contributed by atoms with Crippen molar-refractivity contribution >= 4 is 5.97 Å². The van der Waals surface area contributed by atoms with E-state index in [1.165, 1.54) is 7.11 Å². The lowest BCUT2D eigenvalue weighted by Gasteiger charge is -2.01. The van der Waals surface area contributed by atoms with E-state index in [0.29, 0.717) is 0 Å². The van der Waals surface area contributed by atoms with Gasteiger partial charge in [-0.25, -0.2) is 4.79 Å². The molecule has 0 rings (SSSR count). The molecule has 1 radical (unpaired) electrons. The number of carbonyl (C=O) groups excluding carboxylic acids is 1. The van der Waals surface area contributed by atoms with Crippen molar-refractivity contribution in [2.75, 3.05) is 7.11 Å². The van der Waals surface area contributed by atoms with Crippen LogP contribution in [0.2, 0.25) is 0 Å². The predicted molar refractivity (Wildman–Crippen MR) is 28.0 cm³/mol. The molecule has 8 heavy (non-hydrogen) atoms. The van der Waals surface area contributed by atoms with Crippen LogP contribution >= 0.6 is 0 Å². The van der Waals surface area contributed by atoms with Crippen molar-refractivity contribution in [1.29, 1.82) is 0 Å². The molecule has 0 aliphatic heterocycles. The maximum atomic E-state index is 10.2. The Bertz CT molecular complexity index is 79.7. The lowest BCUT2D eigenvalue weighted by molar-refractivity contribution is -0.150. The summed E-state index contributed by atoms with van der Waals surface area (Å²) in [6.07, 6.45) is -0.896. The van der Waals surface area contributed by atoms with Crippen LogP contribution in [0.4, 0.5) is 0 Å². The Morgan fingerprint density at radius 1 is 2.00 bits per heavy atom. The summed E-state index contributed by atoms with van der Waals surface area (Å²) in [6, 6.07) is 0. The van der Waals surface area contributed by atoms with Gasteiger partial charge in [-0.2, -0.15) is 0 Å². The minimum Gasteiger partial charge on any atom is -0.467 e. The van der Waals surface area contributed by atoms with Gasteiger partial charge < -0.3 is 9.84 Å². The Hall–Kier alpha value is -0.570. The van der Waals surface area contributed by atoms with Gasteiger partial charge in [0.2, 0.25) is 0 Å². The van der Waals surface area contributed by atoms with Crippen molar-refractivity contribution in [3.05, 3.63) is 6.92 Å². The van der Waals surface area contributed by atoms with E-state index in [0.717, 1.165) is 0 Å². The minimum atomic E-state index is -1.06. The summed E-state index contributed by atoms with van der Waals surface area (Å²) in [6.45, 7) is 3.30. The molecule has 0 saturated heterocycles. The van der Waals surface area contributed by atoms with Gasteiger partial charge in [-0.3, -0.25) is 0 Å². The van der Waals surface area contributed by atoms with Crippen LogP contribution < -0.4 is 0 Å². The Balaban J connectivity index is 3.46. The molecule has 0 aliphatic carbocycles. The molecule has 0 spiro atoms. The molecule has 47 valence electrons. The number of aliphatic hydroxyl groups is 1.